The van der Waals surface area contributed by atoms with Crippen LogP contribution >= 0.6 is 0 Å². The Bertz CT molecular complexity index is 1060. The minimum atomic E-state index is -0.271. The minimum absolute atomic E-state index is 0.0538. The van der Waals surface area contributed by atoms with Crippen molar-refractivity contribution < 1.29 is 4.39 Å². The highest BCUT2D eigenvalue weighted by Crippen LogP contribution is 2.46. The van der Waals surface area contributed by atoms with Crippen LogP contribution in [0.4, 0.5) is 4.39 Å². The first-order chi connectivity index (χ1) is 13.1. The molecule has 0 amide bonds. The van der Waals surface area contributed by atoms with Gasteiger partial charge in [0.2, 0.25) is 0 Å². The smallest absolute Gasteiger partial charge is 0.267 e. The van der Waals surface area contributed by atoms with Gasteiger partial charge in [-0.05, 0) is 37.0 Å². The van der Waals surface area contributed by atoms with Crippen LogP contribution < -0.4 is 10.9 Å². The molecule has 27 heavy (non-hydrogen) atoms. The molecule has 1 aliphatic heterocycles. The van der Waals surface area contributed by atoms with Crippen molar-refractivity contribution in [2.24, 2.45) is 7.05 Å². The van der Waals surface area contributed by atoms with E-state index >= 15 is 0 Å². The van der Waals surface area contributed by atoms with E-state index in [1.807, 2.05) is 7.05 Å². The lowest BCUT2D eigenvalue weighted by Crippen LogP contribution is -2.42. The molecule has 0 saturated carbocycles. The van der Waals surface area contributed by atoms with Crippen molar-refractivity contribution in [3.63, 3.8) is 0 Å². The second kappa shape index (κ2) is 6.09. The Labute approximate surface area is 154 Å². The lowest BCUT2D eigenvalue weighted by molar-refractivity contribution is 0.326. The second-order valence-electron chi connectivity index (χ2n) is 7.19. The molecule has 8 heteroatoms. The number of rotatable bonds is 2. The fraction of sp³-hybridized carbons (Fsp3) is 0.368. The van der Waals surface area contributed by atoms with Crippen LogP contribution in [-0.2, 0) is 13.5 Å². The summed E-state index contributed by atoms with van der Waals surface area (Å²) in [6.07, 6.45) is 4.16. The van der Waals surface area contributed by atoms with Crippen LogP contribution in [0.2, 0.25) is 0 Å². The summed E-state index contributed by atoms with van der Waals surface area (Å²) >= 11 is 0. The van der Waals surface area contributed by atoms with Crippen molar-refractivity contribution in [1.82, 2.24) is 30.3 Å². The fourth-order valence-corrected chi connectivity index (χ4v) is 4.47. The molecule has 1 aromatic carbocycles. The molecule has 1 unspecified atom stereocenters. The van der Waals surface area contributed by atoms with Crippen molar-refractivity contribution in [2.45, 2.75) is 37.3 Å². The molecule has 2 aromatic heterocycles. The molecular weight excluding hydrogens is 347 g/mol. The van der Waals surface area contributed by atoms with E-state index in [2.05, 4.69) is 25.6 Å². The van der Waals surface area contributed by atoms with E-state index in [-0.39, 0.29) is 29.4 Å². The molecule has 3 atom stereocenters. The van der Waals surface area contributed by atoms with Gasteiger partial charge in [0.15, 0.2) is 0 Å². The topological polar surface area (TPSA) is 88.5 Å². The average molecular weight is 366 g/mol. The molecule has 5 rings (SSSR count). The average Bonchev–Trinajstić information content (AvgIpc) is 3.10. The highest BCUT2D eigenvalue weighted by Gasteiger charge is 2.42. The highest BCUT2D eigenvalue weighted by molar-refractivity contribution is 5.43. The van der Waals surface area contributed by atoms with Gasteiger partial charge in [0.1, 0.15) is 18.0 Å². The SMILES string of the molecule is Cn1ncnc1[C@H]1c2n[nH]c(=O)c3c2C(CCC3)N[C@H]1c1ccc(F)cc1. The van der Waals surface area contributed by atoms with Gasteiger partial charge in [-0.25, -0.2) is 14.5 Å². The van der Waals surface area contributed by atoms with Crippen molar-refractivity contribution in [1.29, 1.82) is 0 Å². The van der Waals surface area contributed by atoms with E-state index < -0.39 is 0 Å². The van der Waals surface area contributed by atoms with E-state index in [0.29, 0.717) is 0 Å². The highest BCUT2D eigenvalue weighted by atomic mass is 19.1. The van der Waals surface area contributed by atoms with Gasteiger partial charge < -0.3 is 5.32 Å². The van der Waals surface area contributed by atoms with E-state index in [1.54, 1.807) is 16.8 Å². The van der Waals surface area contributed by atoms with Crippen LogP contribution in [-0.4, -0.2) is 25.0 Å². The third-order valence-corrected chi connectivity index (χ3v) is 5.68. The molecule has 2 N–H and O–H groups in total. The Morgan fingerprint density at radius 2 is 2.07 bits per heavy atom. The maximum atomic E-state index is 13.5. The van der Waals surface area contributed by atoms with Gasteiger partial charge in [-0.2, -0.15) is 10.2 Å². The lowest BCUT2D eigenvalue weighted by atomic mass is 9.76. The Morgan fingerprint density at radius 1 is 1.26 bits per heavy atom. The van der Waals surface area contributed by atoms with Gasteiger partial charge >= 0.3 is 0 Å². The van der Waals surface area contributed by atoms with E-state index in [4.69, 9.17) is 0 Å². The third-order valence-electron chi connectivity index (χ3n) is 5.68. The molecule has 2 aliphatic rings. The standard InChI is InChI=1S/C19H19FN6O/c1-26-18(21-9-22-26)15-16(10-5-7-11(20)8-6-10)23-13-4-2-3-12-14(13)17(15)24-25-19(12)27/h5-9,13,15-16,23H,2-4H2,1H3,(H,25,27)/t13?,15-,16+/m1/s1. The van der Waals surface area contributed by atoms with Crippen LogP contribution in [0.1, 0.15) is 59.1 Å². The summed E-state index contributed by atoms with van der Waals surface area (Å²) in [5, 5.41) is 15.0. The van der Waals surface area contributed by atoms with Crippen LogP contribution in [0.5, 0.6) is 0 Å². The molecule has 0 bridgehead atoms. The zero-order valence-electron chi connectivity index (χ0n) is 14.8. The number of hydrogen-bond donors (Lipinski definition) is 2. The van der Waals surface area contributed by atoms with Gasteiger partial charge in [-0.1, -0.05) is 12.1 Å². The number of hydrogen-bond acceptors (Lipinski definition) is 5. The minimum Gasteiger partial charge on any atom is -0.302 e. The fourth-order valence-electron chi connectivity index (χ4n) is 4.47. The molecular formula is C19H19FN6O. The normalized spacial score (nSPS) is 23.9. The first-order valence-electron chi connectivity index (χ1n) is 9.10. The van der Waals surface area contributed by atoms with E-state index in [1.165, 1.54) is 18.5 Å². The zero-order chi connectivity index (χ0) is 18.5. The van der Waals surface area contributed by atoms with Gasteiger partial charge in [-0.15, -0.1) is 0 Å². The van der Waals surface area contributed by atoms with Crippen LogP contribution in [0.15, 0.2) is 35.4 Å². The summed E-state index contributed by atoms with van der Waals surface area (Å²) in [5.74, 6) is 0.248. The first-order valence-corrected chi connectivity index (χ1v) is 9.10. The Balaban J connectivity index is 1.74. The molecule has 0 radical (unpaired) electrons. The monoisotopic (exact) mass is 366 g/mol. The molecule has 3 heterocycles. The summed E-state index contributed by atoms with van der Waals surface area (Å²) in [6.45, 7) is 0. The molecule has 7 nitrogen and oxygen atoms in total. The summed E-state index contributed by atoms with van der Waals surface area (Å²) in [4.78, 5) is 16.8. The van der Waals surface area contributed by atoms with Gasteiger partial charge in [0, 0.05) is 30.3 Å². The molecule has 0 spiro atoms. The molecule has 0 saturated heterocycles. The number of nitrogens with zero attached hydrogens (tertiary/aromatic N) is 4. The maximum absolute atomic E-state index is 13.5. The maximum Gasteiger partial charge on any atom is 0.267 e. The van der Waals surface area contributed by atoms with Crippen molar-refractivity contribution in [2.75, 3.05) is 0 Å². The summed E-state index contributed by atoms with van der Waals surface area (Å²) in [7, 11) is 1.84. The Kier molecular flexibility index (Phi) is 3.68. The van der Waals surface area contributed by atoms with E-state index in [0.717, 1.165) is 47.5 Å². The molecule has 1 aliphatic carbocycles. The number of nitrogens with one attached hydrogen (secondary N) is 2. The lowest BCUT2D eigenvalue weighted by Gasteiger charge is -2.40. The van der Waals surface area contributed by atoms with Crippen LogP contribution in [0, 0.1) is 5.82 Å². The molecule has 138 valence electrons. The van der Waals surface area contributed by atoms with Crippen LogP contribution in [0.3, 0.4) is 0 Å². The second-order valence-corrected chi connectivity index (χ2v) is 7.19. The van der Waals surface area contributed by atoms with E-state index in [9.17, 15) is 9.18 Å². The number of H-pyrrole nitrogens is 1. The molecule has 3 aromatic rings. The van der Waals surface area contributed by atoms with Crippen molar-refractivity contribution >= 4 is 0 Å². The number of aromatic amines is 1. The Hall–Kier alpha value is -2.87. The number of aromatic nitrogens is 5. The van der Waals surface area contributed by atoms with Crippen molar-refractivity contribution in [3.8, 4) is 0 Å². The van der Waals surface area contributed by atoms with Gasteiger partial charge in [0.05, 0.1) is 11.6 Å². The summed E-state index contributed by atoms with van der Waals surface area (Å²) in [6, 6.07) is 6.42. The predicted molar refractivity (Wildman–Crippen MR) is 95.7 cm³/mol. The predicted octanol–water partition coefficient (Wildman–Crippen LogP) is 1.89. The van der Waals surface area contributed by atoms with Gasteiger partial charge in [0.25, 0.3) is 5.56 Å². The summed E-state index contributed by atoms with van der Waals surface area (Å²) in [5.41, 5.74) is 3.48. The molecule has 0 fully saturated rings. The number of halogens is 1. The third kappa shape index (κ3) is 2.51. The van der Waals surface area contributed by atoms with Gasteiger partial charge in [-0.3, -0.25) is 9.48 Å². The Morgan fingerprint density at radius 3 is 2.81 bits per heavy atom. The summed E-state index contributed by atoms with van der Waals surface area (Å²) < 4.78 is 15.2. The number of aryl methyl sites for hydroxylation is 1. The first kappa shape index (κ1) is 16.3. The zero-order valence-corrected chi connectivity index (χ0v) is 14.8. The quantitative estimate of drug-likeness (QED) is 0.723. The van der Waals surface area contributed by atoms with Crippen LogP contribution in [0.25, 0.3) is 0 Å². The largest absolute Gasteiger partial charge is 0.302 e. The van der Waals surface area contributed by atoms with Crippen molar-refractivity contribution in [3.05, 3.63) is 75.0 Å². The number of benzene rings is 1.